The van der Waals surface area contributed by atoms with Crippen LogP contribution in [0.15, 0.2) is 24.3 Å². The Morgan fingerprint density at radius 1 is 1.33 bits per heavy atom. The second kappa shape index (κ2) is 6.64. The molecule has 0 aromatic heterocycles. The van der Waals surface area contributed by atoms with Crippen molar-refractivity contribution < 1.29 is 19.1 Å². The first kappa shape index (κ1) is 14.0. The number of hydrogen-bond acceptors (Lipinski definition) is 4. The predicted molar refractivity (Wildman–Crippen MR) is 66.3 cm³/mol. The molecule has 5 heteroatoms. The summed E-state index contributed by atoms with van der Waals surface area (Å²) < 4.78 is 10.4. The lowest BCUT2D eigenvalue weighted by molar-refractivity contribution is -0.151. The van der Waals surface area contributed by atoms with Crippen molar-refractivity contribution >= 4 is 11.9 Å². The summed E-state index contributed by atoms with van der Waals surface area (Å²) in [5.74, 6) is -0.527. The zero-order valence-electron chi connectivity index (χ0n) is 10.5. The van der Waals surface area contributed by atoms with Crippen molar-refractivity contribution in [1.29, 1.82) is 0 Å². The molecule has 1 unspecified atom stereocenters. The molecule has 2 N–H and O–H groups in total. The smallest absolute Gasteiger partial charge is 0.347 e. The largest absolute Gasteiger partial charge is 0.479 e. The molecular weight excluding hydrogens is 234 g/mol. The van der Waals surface area contributed by atoms with Crippen LogP contribution in [0.1, 0.15) is 30.6 Å². The van der Waals surface area contributed by atoms with E-state index in [1.165, 1.54) is 6.07 Å². The number of benzene rings is 1. The SMILES string of the molecule is CCOC(=O)C(CC)Oc1cccc(C(N)=O)c1. The molecule has 1 amide bonds. The number of nitrogens with two attached hydrogens (primary N) is 1. The average molecular weight is 251 g/mol. The van der Waals surface area contributed by atoms with Gasteiger partial charge in [-0.3, -0.25) is 4.79 Å². The van der Waals surface area contributed by atoms with Gasteiger partial charge >= 0.3 is 5.97 Å². The van der Waals surface area contributed by atoms with E-state index in [9.17, 15) is 9.59 Å². The van der Waals surface area contributed by atoms with Crippen LogP contribution in [0.4, 0.5) is 0 Å². The molecule has 18 heavy (non-hydrogen) atoms. The van der Waals surface area contributed by atoms with Crippen LogP contribution in [-0.2, 0) is 9.53 Å². The molecule has 0 fully saturated rings. The number of rotatable bonds is 6. The number of primary amides is 1. The summed E-state index contributed by atoms with van der Waals surface area (Å²) in [7, 11) is 0. The van der Waals surface area contributed by atoms with Gasteiger partial charge in [0.2, 0.25) is 5.91 Å². The maximum atomic E-state index is 11.6. The Kier molecular flexibility index (Phi) is 5.17. The van der Waals surface area contributed by atoms with Crippen molar-refractivity contribution in [1.82, 2.24) is 0 Å². The van der Waals surface area contributed by atoms with Gasteiger partial charge in [0.25, 0.3) is 0 Å². The molecule has 0 aliphatic rings. The Morgan fingerprint density at radius 2 is 2.06 bits per heavy atom. The molecule has 0 aliphatic carbocycles. The van der Waals surface area contributed by atoms with E-state index in [2.05, 4.69) is 0 Å². The van der Waals surface area contributed by atoms with Gasteiger partial charge in [0.15, 0.2) is 6.10 Å². The first-order valence-electron chi connectivity index (χ1n) is 5.81. The average Bonchev–Trinajstić information content (AvgIpc) is 2.36. The fourth-order valence-electron chi connectivity index (χ4n) is 1.42. The van der Waals surface area contributed by atoms with E-state index in [1.54, 1.807) is 25.1 Å². The Bertz CT molecular complexity index is 431. The molecule has 0 radical (unpaired) electrons. The molecule has 0 bridgehead atoms. The number of hydrogen-bond donors (Lipinski definition) is 1. The van der Waals surface area contributed by atoms with Crippen LogP contribution < -0.4 is 10.5 Å². The fraction of sp³-hybridized carbons (Fsp3) is 0.385. The molecule has 1 aromatic rings. The van der Waals surface area contributed by atoms with E-state index < -0.39 is 18.0 Å². The molecule has 0 aliphatic heterocycles. The van der Waals surface area contributed by atoms with Crippen LogP contribution in [0.3, 0.4) is 0 Å². The summed E-state index contributed by atoms with van der Waals surface area (Å²) in [5.41, 5.74) is 5.51. The Labute approximate surface area is 106 Å². The Hall–Kier alpha value is -2.04. The van der Waals surface area contributed by atoms with Crippen LogP contribution in [0.5, 0.6) is 5.75 Å². The molecule has 0 spiro atoms. The van der Waals surface area contributed by atoms with Crippen molar-refractivity contribution in [2.24, 2.45) is 5.73 Å². The first-order chi connectivity index (χ1) is 8.58. The lowest BCUT2D eigenvalue weighted by Gasteiger charge is -2.16. The highest BCUT2D eigenvalue weighted by molar-refractivity contribution is 5.93. The molecule has 0 saturated heterocycles. The van der Waals surface area contributed by atoms with Crippen molar-refractivity contribution in [3.8, 4) is 5.75 Å². The second-order valence-electron chi connectivity index (χ2n) is 3.66. The summed E-state index contributed by atoms with van der Waals surface area (Å²) in [6.07, 6.45) is -0.187. The van der Waals surface area contributed by atoms with E-state index in [0.29, 0.717) is 24.3 Å². The normalized spacial score (nSPS) is 11.7. The standard InChI is InChI=1S/C13H17NO4/c1-3-11(13(16)17-4-2)18-10-7-5-6-9(8-10)12(14)15/h5-8,11H,3-4H2,1-2H3,(H2,14,15). The molecule has 0 saturated carbocycles. The van der Waals surface area contributed by atoms with Gasteiger partial charge < -0.3 is 15.2 Å². The van der Waals surface area contributed by atoms with E-state index >= 15 is 0 Å². The van der Waals surface area contributed by atoms with Crippen molar-refractivity contribution in [2.75, 3.05) is 6.61 Å². The summed E-state index contributed by atoms with van der Waals surface area (Å²) in [4.78, 5) is 22.6. The minimum Gasteiger partial charge on any atom is -0.479 e. The minimum absolute atomic E-state index is 0.306. The van der Waals surface area contributed by atoms with Crippen LogP contribution in [0, 0.1) is 0 Å². The molecule has 0 heterocycles. The quantitative estimate of drug-likeness (QED) is 0.777. The van der Waals surface area contributed by atoms with E-state index in [0.717, 1.165) is 0 Å². The van der Waals surface area contributed by atoms with Crippen molar-refractivity contribution in [2.45, 2.75) is 26.4 Å². The minimum atomic E-state index is -0.673. The maximum Gasteiger partial charge on any atom is 0.347 e. The third kappa shape index (κ3) is 3.76. The highest BCUT2D eigenvalue weighted by atomic mass is 16.6. The van der Waals surface area contributed by atoms with Gasteiger partial charge in [-0.05, 0) is 31.5 Å². The highest BCUT2D eigenvalue weighted by Crippen LogP contribution is 2.16. The first-order valence-corrected chi connectivity index (χ1v) is 5.81. The second-order valence-corrected chi connectivity index (χ2v) is 3.66. The summed E-state index contributed by atoms with van der Waals surface area (Å²) in [6.45, 7) is 3.86. The molecule has 5 nitrogen and oxygen atoms in total. The zero-order chi connectivity index (χ0) is 13.5. The van der Waals surface area contributed by atoms with Gasteiger partial charge in [-0.2, -0.15) is 0 Å². The third-order valence-corrected chi connectivity index (χ3v) is 2.32. The predicted octanol–water partition coefficient (Wildman–Crippen LogP) is 1.51. The summed E-state index contributed by atoms with van der Waals surface area (Å²) in [5, 5.41) is 0. The van der Waals surface area contributed by atoms with Crippen molar-refractivity contribution in [3.63, 3.8) is 0 Å². The van der Waals surface area contributed by atoms with Crippen LogP contribution in [-0.4, -0.2) is 24.6 Å². The van der Waals surface area contributed by atoms with Gasteiger partial charge in [-0.25, -0.2) is 4.79 Å². The lowest BCUT2D eigenvalue weighted by atomic mass is 10.2. The topological polar surface area (TPSA) is 78.6 Å². The Balaban J connectivity index is 2.78. The Morgan fingerprint density at radius 3 is 2.61 bits per heavy atom. The van der Waals surface area contributed by atoms with Gasteiger partial charge in [0.1, 0.15) is 5.75 Å². The fourth-order valence-corrected chi connectivity index (χ4v) is 1.42. The molecular formula is C13H17NO4. The van der Waals surface area contributed by atoms with Crippen LogP contribution >= 0.6 is 0 Å². The van der Waals surface area contributed by atoms with Gasteiger partial charge in [0, 0.05) is 5.56 Å². The lowest BCUT2D eigenvalue weighted by Crippen LogP contribution is -2.28. The number of amides is 1. The maximum absolute atomic E-state index is 11.6. The van der Waals surface area contributed by atoms with E-state index in [4.69, 9.17) is 15.2 Å². The highest BCUT2D eigenvalue weighted by Gasteiger charge is 2.19. The van der Waals surface area contributed by atoms with Crippen LogP contribution in [0.25, 0.3) is 0 Å². The van der Waals surface area contributed by atoms with Gasteiger partial charge in [-0.15, -0.1) is 0 Å². The van der Waals surface area contributed by atoms with E-state index in [-0.39, 0.29) is 0 Å². The van der Waals surface area contributed by atoms with Gasteiger partial charge in [0.05, 0.1) is 6.61 Å². The molecule has 1 atom stereocenters. The monoisotopic (exact) mass is 251 g/mol. The summed E-state index contributed by atoms with van der Waals surface area (Å²) >= 11 is 0. The third-order valence-electron chi connectivity index (χ3n) is 2.32. The van der Waals surface area contributed by atoms with Crippen LogP contribution in [0.2, 0.25) is 0 Å². The zero-order valence-corrected chi connectivity index (χ0v) is 10.5. The number of esters is 1. The molecule has 98 valence electrons. The summed E-state index contributed by atoms with van der Waals surface area (Å²) in [6, 6.07) is 6.40. The molecule has 1 rings (SSSR count). The van der Waals surface area contributed by atoms with E-state index in [1.807, 2.05) is 6.92 Å². The molecule has 1 aromatic carbocycles. The number of ether oxygens (including phenoxy) is 2. The van der Waals surface area contributed by atoms with Gasteiger partial charge in [-0.1, -0.05) is 13.0 Å². The number of carbonyl (C=O) groups is 2. The van der Waals surface area contributed by atoms with Crippen molar-refractivity contribution in [3.05, 3.63) is 29.8 Å². The number of carbonyl (C=O) groups excluding carboxylic acids is 2.